The van der Waals surface area contributed by atoms with Crippen molar-refractivity contribution in [2.45, 2.75) is 19.4 Å². The van der Waals surface area contributed by atoms with Gasteiger partial charge >= 0.3 is 6.03 Å². The first-order valence-electron chi connectivity index (χ1n) is 6.10. The number of nitrogens with one attached hydrogen (secondary N) is 1. The van der Waals surface area contributed by atoms with E-state index in [-0.39, 0.29) is 11.1 Å². The number of aromatic nitrogens is 2. The van der Waals surface area contributed by atoms with Crippen LogP contribution in [0, 0.1) is 5.82 Å². The summed E-state index contributed by atoms with van der Waals surface area (Å²) in [6.07, 6.45) is 1.37. The first kappa shape index (κ1) is 12.6. The van der Waals surface area contributed by atoms with Crippen LogP contribution in [-0.2, 0) is 11.8 Å². The number of hydrogen-bond acceptors (Lipinski definition) is 3. The fourth-order valence-corrected chi connectivity index (χ4v) is 2.32. The van der Waals surface area contributed by atoms with Crippen LogP contribution in [0.15, 0.2) is 18.3 Å². The van der Waals surface area contributed by atoms with Crippen LogP contribution in [0.2, 0.25) is 0 Å². The molecule has 2 heterocycles. The molecule has 0 saturated carbocycles. The summed E-state index contributed by atoms with van der Waals surface area (Å²) in [5.41, 5.74) is -0.496. The Morgan fingerprint density at radius 2 is 2.00 bits per heavy atom. The normalized spacial score (nSPS) is 17.9. The minimum absolute atomic E-state index is 0.0569. The average Bonchev–Trinajstić information content (AvgIpc) is 2.82. The van der Waals surface area contributed by atoms with Crippen LogP contribution in [0.1, 0.15) is 13.8 Å². The third-order valence-corrected chi connectivity index (χ3v) is 3.45. The van der Waals surface area contributed by atoms with Crippen LogP contribution in [0.5, 0.6) is 0 Å². The van der Waals surface area contributed by atoms with Gasteiger partial charge in [-0.15, -0.1) is 0 Å². The number of imide groups is 1. The van der Waals surface area contributed by atoms with Crippen molar-refractivity contribution < 1.29 is 14.0 Å². The smallest absolute Gasteiger partial charge is 0.323 e. The molecule has 0 aliphatic carbocycles. The van der Waals surface area contributed by atoms with E-state index in [1.54, 1.807) is 27.0 Å². The first-order chi connectivity index (χ1) is 9.33. The van der Waals surface area contributed by atoms with E-state index < -0.39 is 23.3 Å². The standard InChI is InChI=1S/C13H13FN4O2/c1-13(2)11(19)18(12(20)16-13)9-5-4-8-7(10(9)14)6-15-17(8)3/h4-6H,1-3H3,(H,16,20). The molecule has 1 fully saturated rings. The molecule has 6 nitrogen and oxygen atoms in total. The van der Waals surface area contributed by atoms with Gasteiger partial charge in [-0.1, -0.05) is 0 Å². The lowest BCUT2D eigenvalue weighted by atomic mass is 10.1. The molecule has 3 rings (SSSR count). The molecule has 20 heavy (non-hydrogen) atoms. The van der Waals surface area contributed by atoms with E-state index in [1.807, 2.05) is 0 Å². The predicted molar refractivity (Wildman–Crippen MR) is 70.8 cm³/mol. The Balaban J connectivity index is 2.18. The molecule has 1 aliphatic rings. The zero-order chi connectivity index (χ0) is 14.7. The molecule has 1 saturated heterocycles. The van der Waals surface area contributed by atoms with E-state index >= 15 is 0 Å². The van der Waals surface area contributed by atoms with Crippen molar-refractivity contribution in [2.24, 2.45) is 7.05 Å². The minimum Gasteiger partial charge on any atom is -0.323 e. The van der Waals surface area contributed by atoms with Gasteiger partial charge in [0.05, 0.1) is 22.8 Å². The molecule has 3 amide bonds. The second kappa shape index (κ2) is 3.78. The highest BCUT2D eigenvalue weighted by molar-refractivity contribution is 6.23. The van der Waals surface area contributed by atoms with Crippen LogP contribution < -0.4 is 10.2 Å². The number of amides is 3. The fourth-order valence-electron chi connectivity index (χ4n) is 2.32. The van der Waals surface area contributed by atoms with Gasteiger partial charge in [-0.3, -0.25) is 9.48 Å². The van der Waals surface area contributed by atoms with Crippen molar-refractivity contribution in [3.05, 3.63) is 24.1 Å². The maximum Gasteiger partial charge on any atom is 0.329 e. The Labute approximate surface area is 114 Å². The molecule has 0 unspecified atom stereocenters. The summed E-state index contributed by atoms with van der Waals surface area (Å²) in [7, 11) is 1.69. The molecule has 1 aromatic heterocycles. The number of benzene rings is 1. The van der Waals surface area contributed by atoms with Crippen LogP contribution in [0.25, 0.3) is 10.9 Å². The minimum atomic E-state index is -1.03. The molecule has 0 bridgehead atoms. The van der Waals surface area contributed by atoms with Gasteiger partial charge in [-0.05, 0) is 26.0 Å². The van der Waals surface area contributed by atoms with Gasteiger partial charge in [0.2, 0.25) is 0 Å². The predicted octanol–water partition coefficient (Wildman–Crippen LogP) is 1.55. The highest BCUT2D eigenvalue weighted by Gasteiger charge is 2.46. The van der Waals surface area contributed by atoms with E-state index in [1.165, 1.54) is 16.9 Å². The number of anilines is 1. The van der Waals surface area contributed by atoms with Gasteiger partial charge in [0, 0.05) is 7.05 Å². The van der Waals surface area contributed by atoms with Crippen LogP contribution in [-0.4, -0.2) is 27.3 Å². The number of rotatable bonds is 1. The second-order valence-electron chi connectivity index (χ2n) is 5.30. The Hall–Kier alpha value is -2.44. The zero-order valence-electron chi connectivity index (χ0n) is 11.3. The van der Waals surface area contributed by atoms with E-state index in [9.17, 15) is 14.0 Å². The number of halogens is 1. The van der Waals surface area contributed by atoms with Gasteiger partial charge in [-0.25, -0.2) is 14.1 Å². The maximum absolute atomic E-state index is 14.5. The summed E-state index contributed by atoms with van der Waals surface area (Å²) in [4.78, 5) is 24.9. The van der Waals surface area contributed by atoms with Gasteiger partial charge in [0.15, 0.2) is 5.82 Å². The Kier molecular flexibility index (Phi) is 2.38. The highest BCUT2D eigenvalue weighted by atomic mass is 19.1. The topological polar surface area (TPSA) is 67.2 Å². The molecule has 1 aliphatic heterocycles. The molecule has 1 aromatic carbocycles. The monoisotopic (exact) mass is 276 g/mol. The van der Waals surface area contributed by atoms with E-state index in [2.05, 4.69) is 10.4 Å². The SMILES string of the molecule is Cn1ncc2c(F)c(N3C(=O)NC(C)(C)C3=O)ccc21. The largest absolute Gasteiger partial charge is 0.329 e. The van der Waals surface area contributed by atoms with Crippen molar-refractivity contribution in [1.82, 2.24) is 15.1 Å². The van der Waals surface area contributed by atoms with Crippen molar-refractivity contribution in [2.75, 3.05) is 4.90 Å². The molecule has 0 atom stereocenters. The average molecular weight is 276 g/mol. The number of aryl methyl sites for hydroxylation is 1. The second-order valence-corrected chi connectivity index (χ2v) is 5.30. The third kappa shape index (κ3) is 1.52. The molecule has 2 aromatic rings. The lowest BCUT2D eigenvalue weighted by Gasteiger charge is -2.16. The molecular formula is C13H13FN4O2. The van der Waals surface area contributed by atoms with Crippen LogP contribution in [0.4, 0.5) is 14.9 Å². The van der Waals surface area contributed by atoms with E-state index in [0.717, 1.165) is 4.90 Å². The summed E-state index contributed by atoms with van der Waals surface area (Å²) in [5.74, 6) is -1.11. The number of fused-ring (bicyclic) bond motifs is 1. The fraction of sp³-hybridized carbons (Fsp3) is 0.308. The molecular weight excluding hydrogens is 263 g/mol. The lowest BCUT2D eigenvalue weighted by molar-refractivity contribution is -0.121. The molecule has 0 spiro atoms. The number of carbonyl (C=O) groups is 2. The van der Waals surface area contributed by atoms with Crippen molar-refractivity contribution in [1.29, 1.82) is 0 Å². The van der Waals surface area contributed by atoms with Gasteiger partial charge in [0.1, 0.15) is 5.54 Å². The summed E-state index contributed by atoms with van der Waals surface area (Å²) in [6.45, 7) is 3.15. The van der Waals surface area contributed by atoms with Crippen molar-refractivity contribution in [3.63, 3.8) is 0 Å². The number of nitrogens with zero attached hydrogens (tertiary/aromatic N) is 3. The zero-order valence-corrected chi connectivity index (χ0v) is 11.3. The summed E-state index contributed by atoms with van der Waals surface area (Å²) >= 11 is 0. The van der Waals surface area contributed by atoms with Crippen molar-refractivity contribution >= 4 is 28.5 Å². The van der Waals surface area contributed by atoms with Gasteiger partial charge in [-0.2, -0.15) is 5.10 Å². The maximum atomic E-state index is 14.5. The molecule has 1 N–H and O–H groups in total. The van der Waals surface area contributed by atoms with Crippen LogP contribution in [0.3, 0.4) is 0 Å². The Morgan fingerprint density at radius 3 is 2.60 bits per heavy atom. The van der Waals surface area contributed by atoms with Crippen LogP contribution >= 0.6 is 0 Å². The Morgan fingerprint density at radius 1 is 1.30 bits per heavy atom. The summed E-state index contributed by atoms with van der Waals surface area (Å²) < 4.78 is 16.0. The summed E-state index contributed by atoms with van der Waals surface area (Å²) in [5, 5.41) is 6.76. The number of urea groups is 1. The molecule has 0 radical (unpaired) electrons. The van der Waals surface area contributed by atoms with Gasteiger partial charge in [0.25, 0.3) is 5.91 Å². The van der Waals surface area contributed by atoms with E-state index in [4.69, 9.17) is 0 Å². The molecule has 104 valence electrons. The quantitative estimate of drug-likeness (QED) is 0.803. The summed E-state index contributed by atoms with van der Waals surface area (Å²) in [6, 6.07) is 2.42. The van der Waals surface area contributed by atoms with Gasteiger partial charge < -0.3 is 5.32 Å². The number of carbonyl (C=O) groups excluding carboxylic acids is 2. The lowest BCUT2D eigenvalue weighted by Crippen LogP contribution is -2.40. The first-order valence-corrected chi connectivity index (χ1v) is 6.10. The van der Waals surface area contributed by atoms with E-state index in [0.29, 0.717) is 5.52 Å². The number of hydrogen-bond donors (Lipinski definition) is 1. The molecule has 7 heteroatoms. The Bertz CT molecular complexity index is 750. The highest BCUT2D eigenvalue weighted by Crippen LogP contribution is 2.31. The third-order valence-electron chi connectivity index (χ3n) is 3.45. The van der Waals surface area contributed by atoms with Crippen molar-refractivity contribution in [3.8, 4) is 0 Å².